The van der Waals surface area contributed by atoms with Crippen LogP contribution in [0.3, 0.4) is 0 Å². The lowest BCUT2D eigenvalue weighted by Gasteiger charge is -2.15. The average molecular weight is 427 g/mol. The summed E-state index contributed by atoms with van der Waals surface area (Å²) in [5.41, 5.74) is 1.11. The van der Waals surface area contributed by atoms with Gasteiger partial charge in [0.15, 0.2) is 5.96 Å². The number of rotatable bonds is 10. The van der Waals surface area contributed by atoms with Crippen LogP contribution < -0.4 is 10.6 Å². The molecule has 0 radical (unpaired) electrons. The van der Waals surface area contributed by atoms with Crippen LogP contribution in [0.4, 0.5) is 0 Å². The molecule has 146 valence electrons. The second-order valence-corrected chi connectivity index (χ2v) is 7.40. The Morgan fingerprint density at radius 2 is 1.88 bits per heavy atom. The lowest BCUT2D eigenvalue weighted by atomic mass is 10.2. The standard InChI is InChI=1S/C19H31BrN4O2/c1-15(2)26-12-6-5-11-21-19(23-14-18(25)24(3)4)22-13-16-7-9-17(20)10-8-16/h7-10,15H,5-6,11-14H2,1-4H3,(H2,21,22,23). The molecule has 0 bridgehead atoms. The topological polar surface area (TPSA) is 66.0 Å². The molecule has 0 heterocycles. The maximum absolute atomic E-state index is 11.8. The molecule has 0 aliphatic carbocycles. The zero-order valence-electron chi connectivity index (χ0n) is 16.2. The van der Waals surface area contributed by atoms with Crippen LogP contribution in [0.25, 0.3) is 0 Å². The van der Waals surface area contributed by atoms with Crippen LogP contribution in [-0.2, 0) is 16.1 Å². The highest BCUT2D eigenvalue weighted by Crippen LogP contribution is 2.11. The van der Waals surface area contributed by atoms with E-state index in [1.165, 1.54) is 0 Å². The molecule has 0 aliphatic rings. The van der Waals surface area contributed by atoms with Crippen molar-refractivity contribution in [3.8, 4) is 0 Å². The Morgan fingerprint density at radius 1 is 1.19 bits per heavy atom. The van der Waals surface area contributed by atoms with Gasteiger partial charge in [0.2, 0.25) is 5.91 Å². The minimum Gasteiger partial charge on any atom is -0.379 e. The lowest BCUT2D eigenvalue weighted by molar-refractivity contribution is -0.127. The predicted molar refractivity (Wildman–Crippen MR) is 110 cm³/mol. The van der Waals surface area contributed by atoms with Gasteiger partial charge in [-0.25, -0.2) is 4.99 Å². The van der Waals surface area contributed by atoms with Gasteiger partial charge < -0.3 is 20.3 Å². The molecule has 0 aromatic heterocycles. The Bertz CT molecular complexity index is 559. The first-order valence-corrected chi connectivity index (χ1v) is 9.76. The molecule has 0 unspecified atom stereocenters. The third-order valence-corrected chi connectivity index (χ3v) is 4.08. The van der Waals surface area contributed by atoms with E-state index in [1.807, 2.05) is 38.1 Å². The Balaban J connectivity index is 2.50. The van der Waals surface area contributed by atoms with Crippen molar-refractivity contribution in [3.05, 3.63) is 34.3 Å². The molecular formula is C19H31BrN4O2. The Hall–Kier alpha value is -1.60. The molecule has 1 amide bonds. The van der Waals surface area contributed by atoms with Crippen molar-refractivity contribution in [3.63, 3.8) is 0 Å². The number of ether oxygens (including phenoxy) is 1. The smallest absolute Gasteiger partial charge is 0.241 e. The van der Waals surface area contributed by atoms with E-state index >= 15 is 0 Å². The highest BCUT2D eigenvalue weighted by atomic mass is 79.9. The summed E-state index contributed by atoms with van der Waals surface area (Å²) >= 11 is 3.43. The summed E-state index contributed by atoms with van der Waals surface area (Å²) < 4.78 is 6.58. The third kappa shape index (κ3) is 10.4. The summed E-state index contributed by atoms with van der Waals surface area (Å²) in [4.78, 5) is 17.9. The van der Waals surface area contributed by atoms with Gasteiger partial charge in [0.1, 0.15) is 0 Å². The number of unbranched alkanes of at least 4 members (excludes halogenated alkanes) is 1. The fourth-order valence-corrected chi connectivity index (χ4v) is 2.27. The second kappa shape index (κ2) is 12.7. The molecule has 0 saturated heterocycles. The van der Waals surface area contributed by atoms with Crippen molar-refractivity contribution < 1.29 is 9.53 Å². The van der Waals surface area contributed by atoms with Gasteiger partial charge in [0, 0.05) is 31.7 Å². The van der Waals surface area contributed by atoms with E-state index in [4.69, 9.17) is 4.74 Å². The maximum atomic E-state index is 11.8. The number of aliphatic imine (C=N–C) groups is 1. The van der Waals surface area contributed by atoms with Crippen molar-refractivity contribution in [1.29, 1.82) is 0 Å². The Kier molecular flexibility index (Phi) is 11.0. The van der Waals surface area contributed by atoms with Gasteiger partial charge >= 0.3 is 0 Å². The van der Waals surface area contributed by atoms with Gasteiger partial charge in [-0.2, -0.15) is 0 Å². The highest BCUT2D eigenvalue weighted by molar-refractivity contribution is 9.10. The summed E-state index contributed by atoms with van der Waals surface area (Å²) in [6, 6.07) is 8.05. The van der Waals surface area contributed by atoms with Crippen LogP contribution in [0, 0.1) is 0 Å². The Morgan fingerprint density at radius 3 is 2.50 bits per heavy atom. The fourth-order valence-electron chi connectivity index (χ4n) is 2.00. The van der Waals surface area contributed by atoms with Crippen LogP contribution >= 0.6 is 15.9 Å². The van der Waals surface area contributed by atoms with E-state index in [1.54, 1.807) is 19.0 Å². The minimum absolute atomic E-state index is 0.00785. The van der Waals surface area contributed by atoms with E-state index in [0.717, 1.165) is 36.0 Å². The molecule has 6 nitrogen and oxygen atoms in total. The summed E-state index contributed by atoms with van der Waals surface area (Å²) in [5.74, 6) is 0.654. The SMILES string of the molecule is CC(C)OCCCCNC(=NCc1ccc(Br)cc1)NCC(=O)N(C)C. The second-order valence-electron chi connectivity index (χ2n) is 6.49. The number of hydrogen-bond acceptors (Lipinski definition) is 3. The maximum Gasteiger partial charge on any atom is 0.241 e. The zero-order chi connectivity index (χ0) is 19.4. The van der Waals surface area contributed by atoms with E-state index in [9.17, 15) is 4.79 Å². The normalized spacial score (nSPS) is 11.5. The number of nitrogens with one attached hydrogen (secondary N) is 2. The van der Waals surface area contributed by atoms with Crippen LogP contribution in [-0.4, -0.2) is 56.7 Å². The van der Waals surface area contributed by atoms with E-state index in [0.29, 0.717) is 12.5 Å². The number of benzene rings is 1. The molecule has 1 aromatic carbocycles. The molecule has 1 aromatic rings. The first-order chi connectivity index (χ1) is 12.4. The summed E-state index contributed by atoms with van der Waals surface area (Å²) in [6.07, 6.45) is 2.24. The molecule has 0 spiro atoms. The number of hydrogen-bond donors (Lipinski definition) is 2. The van der Waals surface area contributed by atoms with Crippen LogP contribution in [0.5, 0.6) is 0 Å². The molecule has 7 heteroatoms. The molecule has 0 aliphatic heterocycles. The zero-order valence-corrected chi connectivity index (χ0v) is 17.8. The summed E-state index contributed by atoms with van der Waals surface area (Å²) in [5, 5.41) is 6.39. The number of likely N-dealkylation sites (N-methyl/N-ethyl adjacent to an activating group) is 1. The third-order valence-electron chi connectivity index (χ3n) is 3.55. The number of carbonyl (C=O) groups excluding carboxylic acids is 1. The molecule has 0 saturated carbocycles. The van der Waals surface area contributed by atoms with Gasteiger partial charge in [0.25, 0.3) is 0 Å². The summed E-state index contributed by atoms with van der Waals surface area (Å²) in [6.45, 7) is 6.39. The van der Waals surface area contributed by atoms with Crippen molar-refractivity contribution in [2.75, 3.05) is 33.8 Å². The van der Waals surface area contributed by atoms with E-state index in [-0.39, 0.29) is 18.6 Å². The fraction of sp³-hybridized carbons (Fsp3) is 0.579. The molecule has 0 atom stereocenters. The van der Waals surface area contributed by atoms with Crippen LogP contribution in [0.15, 0.2) is 33.7 Å². The first kappa shape index (κ1) is 22.4. The average Bonchev–Trinajstić information content (AvgIpc) is 2.60. The largest absolute Gasteiger partial charge is 0.379 e. The Labute approximate surface area is 165 Å². The van der Waals surface area contributed by atoms with Gasteiger partial charge in [0.05, 0.1) is 19.2 Å². The molecular weight excluding hydrogens is 396 g/mol. The van der Waals surface area contributed by atoms with E-state index < -0.39 is 0 Å². The minimum atomic E-state index is 0.00785. The predicted octanol–water partition coefficient (Wildman–Crippen LogP) is 2.78. The van der Waals surface area contributed by atoms with Gasteiger partial charge in [-0.1, -0.05) is 28.1 Å². The number of amides is 1. The van der Waals surface area contributed by atoms with Crippen molar-refractivity contribution in [1.82, 2.24) is 15.5 Å². The highest BCUT2D eigenvalue weighted by Gasteiger charge is 2.06. The van der Waals surface area contributed by atoms with Gasteiger partial charge in [-0.15, -0.1) is 0 Å². The molecule has 1 rings (SSSR count). The number of guanidine groups is 1. The van der Waals surface area contributed by atoms with Crippen molar-refractivity contribution in [2.45, 2.75) is 39.3 Å². The van der Waals surface area contributed by atoms with Crippen LogP contribution in [0.2, 0.25) is 0 Å². The van der Waals surface area contributed by atoms with Gasteiger partial charge in [-0.3, -0.25) is 4.79 Å². The summed E-state index contributed by atoms with van der Waals surface area (Å²) in [7, 11) is 3.48. The number of carbonyl (C=O) groups is 1. The molecule has 26 heavy (non-hydrogen) atoms. The van der Waals surface area contributed by atoms with E-state index in [2.05, 4.69) is 31.6 Å². The first-order valence-electron chi connectivity index (χ1n) is 8.97. The number of halogens is 1. The monoisotopic (exact) mass is 426 g/mol. The van der Waals surface area contributed by atoms with Crippen molar-refractivity contribution in [2.24, 2.45) is 4.99 Å². The van der Waals surface area contributed by atoms with Crippen molar-refractivity contribution >= 4 is 27.8 Å². The van der Waals surface area contributed by atoms with Gasteiger partial charge in [-0.05, 0) is 44.4 Å². The number of nitrogens with zero attached hydrogens (tertiary/aromatic N) is 2. The lowest BCUT2D eigenvalue weighted by Crippen LogP contribution is -2.43. The van der Waals surface area contributed by atoms with Crippen LogP contribution in [0.1, 0.15) is 32.3 Å². The molecule has 0 fully saturated rings. The molecule has 2 N–H and O–H groups in total. The quantitative estimate of drug-likeness (QED) is 0.343.